The monoisotopic (exact) mass is 293 g/mol. The zero-order valence-corrected chi connectivity index (χ0v) is 12.5. The summed E-state index contributed by atoms with van der Waals surface area (Å²) in [6.07, 6.45) is 1.58. The highest BCUT2D eigenvalue weighted by atomic mass is 35.5. The molecule has 0 saturated carbocycles. The number of H-pyrrole nitrogens is 1. The van der Waals surface area contributed by atoms with E-state index in [1.807, 2.05) is 27.7 Å². The number of hydrogen-bond donors (Lipinski definition) is 2. The summed E-state index contributed by atoms with van der Waals surface area (Å²) in [5.41, 5.74) is 1.10. The number of aromatic amines is 1. The number of hydrogen-bond acceptors (Lipinski definition) is 4. The molecular formula is C13H16ClN5O. The van der Waals surface area contributed by atoms with Gasteiger partial charge in [-0.15, -0.1) is 5.10 Å². The van der Waals surface area contributed by atoms with Crippen molar-refractivity contribution in [1.29, 1.82) is 0 Å². The molecule has 0 aliphatic carbocycles. The number of halogens is 1. The van der Waals surface area contributed by atoms with E-state index in [-0.39, 0.29) is 16.4 Å². The number of pyridine rings is 1. The summed E-state index contributed by atoms with van der Waals surface area (Å²) in [5, 5.41) is 9.62. The normalized spacial score (nSPS) is 11.4. The van der Waals surface area contributed by atoms with Gasteiger partial charge in [-0.25, -0.2) is 9.97 Å². The van der Waals surface area contributed by atoms with Gasteiger partial charge in [-0.3, -0.25) is 9.89 Å². The predicted octanol–water partition coefficient (Wildman–Crippen LogP) is 2.71. The van der Waals surface area contributed by atoms with E-state index in [1.54, 1.807) is 12.3 Å². The smallest absolute Gasteiger partial charge is 0.295 e. The molecule has 0 fully saturated rings. The van der Waals surface area contributed by atoms with Gasteiger partial charge >= 0.3 is 0 Å². The molecule has 0 aliphatic heterocycles. The van der Waals surface area contributed by atoms with Gasteiger partial charge < -0.3 is 5.32 Å². The topological polar surface area (TPSA) is 83.6 Å². The maximum Gasteiger partial charge on any atom is 0.295 e. The first-order chi connectivity index (χ1) is 9.29. The van der Waals surface area contributed by atoms with Gasteiger partial charge in [0.15, 0.2) is 5.15 Å². The molecule has 0 unspecified atom stereocenters. The van der Waals surface area contributed by atoms with Gasteiger partial charge in [0.25, 0.3) is 5.91 Å². The van der Waals surface area contributed by atoms with E-state index < -0.39 is 5.91 Å². The highest BCUT2D eigenvalue weighted by Crippen LogP contribution is 2.23. The first kappa shape index (κ1) is 14.5. The number of carbonyl (C=O) groups is 1. The lowest BCUT2D eigenvalue weighted by Gasteiger charge is -2.12. The van der Waals surface area contributed by atoms with Crippen LogP contribution in [0.25, 0.3) is 0 Å². The third-order valence-electron chi connectivity index (χ3n) is 2.75. The first-order valence-corrected chi connectivity index (χ1v) is 6.52. The Morgan fingerprint density at radius 1 is 1.40 bits per heavy atom. The van der Waals surface area contributed by atoms with Crippen LogP contribution in [0.2, 0.25) is 5.15 Å². The lowest BCUT2D eigenvalue weighted by molar-refractivity contribution is 0.101. The number of anilines is 1. The van der Waals surface area contributed by atoms with Crippen LogP contribution in [0.15, 0.2) is 12.3 Å². The minimum absolute atomic E-state index is 0.0780. The van der Waals surface area contributed by atoms with Crippen LogP contribution in [0, 0.1) is 6.92 Å². The molecule has 106 valence electrons. The fourth-order valence-corrected chi connectivity index (χ4v) is 1.80. The van der Waals surface area contributed by atoms with Gasteiger partial charge in [0.05, 0.1) is 5.69 Å². The van der Waals surface area contributed by atoms with Crippen molar-refractivity contribution in [2.45, 2.75) is 33.1 Å². The van der Waals surface area contributed by atoms with Crippen molar-refractivity contribution in [2.24, 2.45) is 0 Å². The van der Waals surface area contributed by atoms with Gasteiger partial charge in [-0.1, -0.05) is 32.4 Å². The van der Waals surface area contributed by atoms with Gasteiger partial charge in [0.1, 0.15) is 5.82 Å². The molecular weight excluding hydrogens is 278 g/mol. The number of carbonyl (C=O) groups excluding carboxylic acids is 1. The summed E-state index contributed by atoms with van der Waals surface area (Å²) < 4.78 is 0. The van der Waals surface area contributed by atoms with Crippen LogP contribution in [-0.2, 0) is 5.41 Å². The van der Waals surface area contributed by atoms with Crippen LogP contribution in [0.5, 0.6) is 0 Å². The minimum Gasteiger partial charge on any atom is -0.316 e. The zero-order valence-electron chi connectivity index (χ0n) is 11.8. The van der Waals surface area contributed by atoms with E-state index >= 15 is 0 Å². The maximum atomic E-state index is 12.1. The molecule has 20 heavy (non-hydrogen) atoms. The number of aromatic nitrogens is 4. The molecule has 0 aliphatic rings. The van der Waals surface area contributed by atoms with Crippen LogP contribution in [0.3, 0.4) is 0 Å². The SMILES string of the molecule is Cc1ccnc(Cl)c1NC(=O)c1n[nH]c(C(C)(C)C)n1. The van der Waals surface area contributed by atoms with Crippen molar-refractivity contribution in [3.05, 3.63) is 34.6 Å². The second-order valence-corrected chi connectivity index (χ2v) is 5.86. The maximum absolute atomic E-state index is 12.1. The molecule has 0 atom stereocenters. The molecule has 2 aromatic heterocycles. The molecule has 0 spiro atoms. The van der Waals surface area contributed by atoms with Gasteiger partial charge in [0, 0.05) is 11.6 Å². The summed E-state index contributed by atoms with van der Waals surface area (Å²) in [5.74, 6) is 0.306. The predicted molar refractivity (Wildman–Crippen MR) is 77.0 cm³/mol. The average molecular weight is 294 g/mol. The highest BCUT2D eigenvalue weighted by molar-refractivity contribution is 6.32. The average Bonchev–Trinajstić information content (AvgIpc) is 2.83. The fourth-order valence-electron chi connectivity index (χ4n) is 1.54. The van der Waals surface area contributed by atoms with E-state index in [4.69, 9.17) is 11.6 Å². The summed E-state index contributed by atoms with van der Waals surface area (Å²) in [7, 11) is 0. The van der Waals surface area contributed by atoms with E-state index in [9.17, 15) is 4.79 Å². The fraction of sp³-hybridized carbons (Fsp3) is 0.385. The quantitative estimate of drug-likeness (QED) is 0.834. The van der Waals surface area contributed by atoms with Crippen LogP contribution in [0.1, 0.15) is 42.8 Å². The van der Waals surface area contributed by atoms with E-state index in [0.29, 0.717) is 11.5 Å². The van der Waals surface area contributed by atoms with Gasteiger partial charge in [-0.05, 0) is 18.6 Å². The van der Waals surface area contributed by atoms with Crippen LogP contribution in [-0.4, -0.2) is 26.1 Å². The van der Waals surface area contributed by atoms with E-state index in [1.165, 1.54) is 0 Å². The number of rotatable bonds is 2. The van der Waals surface area contributed by atoms with Crippen LogP contribution in [0.4, 0.5) is 5.69 Å². The largest absolute Gasteiger partial charge is 0.316 e. The summed E-state index contributed by atoms with van der Waals surface area (Å²) in [6.45, 7) is 7.79. The Labute approximate surface area is 122 Å². The Kier molecular flexibility index (Phi) is 3.76. The molecule has 1 amide bonds. The highest BCUT2D eigenvalue weighted by Gasteiger charge is 2.22. The molecule has 2 rings (SSSR count). The molecule has 0 saturated heterocycles. The Balaban J connectivity index is 2.23. The molecule has 2 N–H and O–H groups in total. The zero-order chi connectivity index (χ0) is 14.9. The number of amides is 1. The molecule has 7 heteroatoms. The molecule has 6 nitrogen and oxygen atoms in total. The standard InChI is InChI=1S/C13H16ClN5O/c1-7-5-6-15-9(14)8(7)16-11(20)10-17-12(19-18-10)13(2,3)4/h5-6H,1-4H3,(H,16,20)(H,17,18,19). The van der Waals surface area contributed by atoms with Crippen LogP contribution >= 0.6 is 11.6 Å². The van der Waals surface area contributed by atoms with Gasteiger partial charge in [0.2, 0.25) is 5.82 Å². The molecule has 0 aromatic carbocycles. The third-order valence-corrected chi connectivity index (χ3v) is 3.04. The van der Waals surface area contributed by atoms with E-state index in [0.717, 1.165) is 5.56 Å². The van der Waals surface area contributed by atoms with Crippen molar-refractivity contribution < 1.29 is 4.79 Å². The molecule has 0 bridgehead atoms. The Morgan fingerprint density at radius 3 is 2.65 bits per heavy atom. The van der Waals surface area contributed by atoms with Crippen LogP contribution < -0.4 is 5.32 Å². The van der Waals surface area contributed by atoms with Gasteiger partial charge in [-0.2, -0.15) is 0 Å². The lowest BCUT2D eigenvalue weighted by atomic mass is 9.96. The molecule has 2 aromatic rings. The Morgan fingerprint density at radius 2 is 2.10 bits per heavy atom. The Bertz CT molecular complexity index is 624. The number of nitrogens with one attached hydrogen (secondary N) is 2. The second-order valence-electron chi connectivity index (χ2n) is 5.51. The lowest BCUT2D eigenvalue weighted by Crippen LogP contribution is -2.17. The minimum atomic E-state index is -0.422. The summed E-state index contributed by atoms with van der Waals surface area (Å²) in [4.78, 5) is 20.2. The first-order valence-electron chi connectivity index (χ1n) is 6.14. The molecule has 0 radical (unpaired) electrons. The number of nitrogens with zero attached hydrogens (tertiary/aromatic N) is 3. The van der Waals surface area contributed by atoms with Crippen molar-refractivity contribution >= 4 is 23.2 Å². The van der Waals surface area contributed by atoms with Crippen molar-refractivity contribution in [3.63, 3.8) is 0 Å². The summed E-state index contributed by atoms with van der Waals surface area (Å²) in [6, 6.07) is 1.76. The van der Waals surface area contributed by atoms with Crippen molar-refractivity contribution in [2.75, 3.05) is 5.32 Å². The van der Waals surface area contributed by atoms with Crippen molar-refractivity contribution in [1.82, 2.24) is 20.2 Å². The Hall–Kier alpha value is -1.95. The van der Waals surface area contributed by atoms with Crippen molar-refractivity contribution in [3.8, 4) is 0 Å². The second kappa shape index (κ2) is 5.20. The summed E-state index contributed by atoms with van der Waals surface area (Å²) >= 11 is 5.96. The van der Waals surface area contributed by atoms with E-state index in [2.05, 4.69) is 25.5 Å². The third kappa shape index (κ3) is 2.96. The molecule has 2 heterocycles. The number of aryl methyl sites for hydroxylation is 1.